The van der Waals surface area contributed by atoms with Gasteiger partial charge in [-0.1, -0.05) is 12.1 Å². The minimum atomic E-state index is -3.56. The molecule has 1 saturated carbocycles. The number of anilines is 1. The van der Waals surface area contributed by atoms with Gasteiger partial charge in [-0.3, -0.25) is 0 Å². The topological polar surface area (TPSA) is 90.9 Å². The summed E-state index contributed by atoms with van der Waals surface area (Å²) in [6.07, 6.45) is 6.23. The summed E-state index contributed by atoms with van der Waals surface area (Å²) >= 11 is 0. The fourth-order valence-electron chi connectivity index (χ4n) is 7.05. The number of nitrogens with one attached hydrogen (secondary N) is 1. The first-order valence-corrected chi connectivity index (χ1v) is 15.6. The van der Waals surface area contributed by atoms with E-state index in [1.165, 1.54) is 6.07 Å². The van der Waals surface area contributed by atoms with Gasteiger partial charge in [-0.05, 0) is 74.9 Å². The van der Waals surface area contributed by atoms with Crippen molar-refractivity contribution < 1.29 is 17.5 Å². The molecule has 2 aromatic rings. The van der Waals surface area contributed by atoms with Gasteiger partial charge in [0.2, 0.25) is 0 Å². The smallest absolute Gasteiger partial charge is 0.279 e. The number of likely N-dealkylation sites (tertiary alicyclic amines) is 1. The molecule has 212 valence electrons. The van der Waals surface area contributed by atoms with Crippen molar-refractivity contribution >= 4 is 16.0 Å². The average Bonchev–Trinajstić information content (AvgIpc) is 2.90. The van der Waals surface area contributed by atoms with Crippen LogP contribution in [0.25, 0.3) is 0 Å². The third-order valence-electron chi connectivity index (χ3n) is 9.03. The largest absolute Gasteiger partial charge is 0.378 e. The van der Waals surface area contributed by atoms with Gasteiger partial charge in [0.05, 0.1) is 12.7 Å². The average molecular weight is 559 g/mol. The van der Waals surface area contributed by atoms with Crippen molar-refractivity contribution in [1.82, 2.24) is 24.1 Å². The molecule has 6 rings (SSSR count). The van der Waals surface area contributed by atoms with Crippen LogP contribution in [0, 0.1) is 17.2 Å². The summed E-state index contributed by atoms with van der Waals surface area (Å²) in [5.41, 5.74) is 1.21. The lowest BCUT2D eigenvalue weighted by Gasteiger charge is -2.58. The number of hydrogen-bond acceptors (Lipinski definition) is 7. The third kappa shape index (κ3) is 5.97. The lowest BCUT2D eigenvalue weighted by atomic mass is 9.75. The highest BCUT2D eigenvalue weighted by atomic mass is 32.2. The molecular weight excluding hydrogens is 519 g/mol. The summed E-state index contributed by atoms with van der Waals surface area (Å²) in [7, 11) is -1.48. The summed E-state index contributed by atoms with van der Waals surface area (Å²) in [6.45, 7) is 4.96. The molecule has 4 aliphatic rings. The molecule has 39 heavy (non-hydrogen) atoms. The van der Waals surface area contributed by atoms with E-state index in [0.29, 0.717) is 45.1 Å². The molecule has 11 heteroatoms. The van der Waals surface area contributed by atoms with E-state index in [-0.39, 0.29) is 29.3 Å². The molecule has 1 aromatic heterocycles. The Hall–Kier alpha value is -2.18. The highest BCUT2D eigenvalue weighted by Gasteiger charge is 2.54. The lowest BCUT2D eigenvalue weighted by Crippen LogP contribution is -2.73. The first-order valence-electron chi connectivity index (χ1n) is 14.1. The molecule has 1 aromatic carbocycles. The lowest BCUT2D eigenvalue weighted by molar-refractivity contribution is -0.0680. The Morgan fingerprint density at radius 3 is 2.56 bits per heavy atom. The molecule has 1 spiro atoms. The number of hydrogen-bond donors (Lipinski definition) is 1. The molecule has 2 unspecified atom stereocenters. The van der Waals surface area contributed by atoms with Crippen LogP contribution in [0.1, 0.15) is 43.6 Å². The van der Waals surface area contributed by atoms with Crippen LogP contribution >= 0.6 is 0 Å². The molecule has 9 nitrogen and oxygen atoms in total. The predicted molar refractivity (Wildman–Crippen MR) is 147 cm³/mol. The SMILES string of the molecule is CN1CC2(C1)CN(S(=O)(=O)NC1CCN(c3cccnn3)CC1COC1CCC(c3cccc(F)c3)CC1)C2. The van der Waals surface area contributed by atoms with Crippen LogP contribution in [0.15, 0.2) is 42.6 Å². The van der Waals surface area contributed by atoms with E-state index in [2.05, 4.69) is 31.8 Å². The van der Waals surface area contributed by atoms with E-state index in [9.17, 15) is 12.8 Å². The van der Waals surface area contributed by atoms with Gasteiger partial charge >= 0.3 is 0 Å². The Morgan fingerprint density at radius 1 is 1.08 bits per heavy atom. The van der Waals surface area contributed by atoms with Gasteiger partial charge in [0, 0.05) is 62.8 Å². The second-order valence-electron chi connectivity index (χ2n) is 12.1. The van der Waals surface area contributed by atoms with Crippen molar-refractivity contribution in [2.24, 2.45) is 11.3 Å². The Kier molecular flexibility index (Phi) is 7.62. The van der Waals surface area contributed by atoms with Gasteiger partial charge in [-0.2, -0.15) is 22.5 Å². The fraction of sp³-hybridized carbons (Fsp3) is 0.643. The van der Waals surface area contributed by atoms with Crippen LogP contribution < -0.4 is 9.62 Å². The zero-order chi connectivity index (χ0) is 27.0. The molecule has 0 bridgehead atoms. The number of nitrogens with zero attached hydrogens (tertiary/aromatic N) is 5. The monoisotopic (exact) mass is 558 g/mol. The van der Waals surface area contributed by atoms with Crippen LogP contribution in [0.4, 0.5) is 10.2 Å². The Labute approximate surface area is 230 Å². The van der Waals surface area contributed by atoms with Gasteiger partial charge in [-0.25, -0.2) is 4.39 Å². The van der Waals surface area contributed by atoms with Crippen molar-refractivity contribution in [3.05, 3.63) is 54.0 Å². The molecule has 4 heterocycles. The zero-order valence-corrected chi connectivity index (χ0v) is 23.4. The molecule has 4 fully saturated rings. The molecule has 0 radical (unpaired) electrons. The van der Waals surface area contributed by atoms with E-state index >= 15 is 0 Å². The van der Waals surface area contributed by atoms with Gasteiger partial charge < -0.3 is 14.5 Å². The highest BCUT2D eigenvalue weighted by Crippen LogP contribution is 2.40. The number of benzene rings is 1. The maximum Gasteiger partial charge on any atom is 0.279 e. The minimum Gasteiger partial charge on any atom is -0.378 e. The quantitative estimate of drug-likeness (QED) is 0.533. The van der Waals surface area contributed by atoms with Gasteiger partial charge in [-0.15, -0.1) is 5.10 Å². The number of halogens is 1. The number of rotatable bonds is 8. The van der Waals surface area contributed by atoms with E-state index in [1.54, 1.807) is 22.6 Å². The van der Waals surface area contributed by atoms with Crippen molar-refractivity contribution in [2.45, 2.75) is 50.2 Å². The zero-order valence-electron chi connectivity index (χ0n) is 22.6. The highest BCUT2D eigenvalue weighted by molar-refractivity contribution is 7.87. The summed E-state index contributed by atoms with van der Waals surface area (Å²) in [5.74, 6) is 0.967. The van der Waals surface area contributed by atoms with E-state index in [4.69, 9.17) is 4.74 Å². The summed E-state index contributed by atoms with van der Waals surface area (Å²) < 4.78 is 51.3. The third-order valence-corrected chi connectivity index (χ3v) is 10.6. The Morgan fingerprint density at radius 2 is 1.87 bits per heavy atom. The van der Waals surface area contributed by atoms with Crippen LogP contribution in [-0.4, -0.2) is 92.9 Å². The van der Waals surface area contributed by atoms with Crippen LogP contribution in [0.3, 0.4) is 0 Å². The van der Waals surface area contributed by atoms with Crippen molar-refractivity contribution in [2.75, 3.05) is 57.8 Å². The first-order chi connectivity index (χ1) is 18.8. The van der Waals surface area contributed by atoms with Crippen LogP contribution in [0.2, 0.25) is 0 Å². The molecule has 3 aliphatic heterocycles. The molecule has 1 N–H and O–H groups in total. The molecule has 3 saturated heterocycles. The van der Waals surface area contributed by atoms with Gasteiger partial charge in [0.25, 0.3) is 10.2 Å². The second kappa shape index (κ2) is 11.0. The van der Waals surface area contributed by atoms with Crippen molar-refractivity contribution in [3.63, 3.8) is 0 Å². The first kappa shape index (κ1) is 27.0. The van der Waals surface area contributed by atoms with Crippen LogP contribution in [0.5, 0.6) is 0 Å². The number of piperidine rings is 1. The molecular formula is C28H39FN6O3S. The van der Waals surface area contributed by atoms with Crippen molar-refractivity contribution in [1.29, 1.82) is 0 Å². The van der Waals surface area contributed by atoms with E-state index < -0.39 is 10.2 Å². The maximum atomic E-state index is 13.7. The van der Waals surface area contributed by atoms with Gasteiger partial charge in [0.1, 0.15) is 5.82 Å². The predicted octanol–water partition coefficient (Wildman–Crippen LogP) is 2.64. The molecule has 1 aliphatic carbocycles. The van der Waals surface area contributed by atoms with E-state index in [1.807, 2.05) is 18.2 Å². The fourth-order valence-corrected chi connectivity index (χ4v) is 8.78. The van der Waals surface area contributed by atoms with Crippen molar-refractivity contribution in [3.8, 4) is 0 Å². The summed E-state index contributed by atoms with van der Waals surface area (Å²) in [4.78, 5) is 4.41. The maximum absolute atomic E-state index is 13.7. The minimum absolute atomic E-state index is 0.0125. The summed E-state index contributed by atoms with van der Waals surface area (Å²) in [6, 6.07) is 10.5. The van der Waals surface area contributed by atoms with Gasteiger partial charge in [0.15, 0.2) is 5.82 Å². The standard InChI is InChI=1S/C28H39FN6O3S/c1-33-17-28(18-33)19-35(20-28)39(36,37)32-26-11-13-34(27-6-3-12-30-31-27)15-23(26)16-38-25-9-7-21(8-10-25)22-4-2-5-24(29)14-22/h2-6,12,14,21,23,25-26,32H,7-11,13,15-20H2,1H3. The summed E-state index contributed by atoms with van der Waals surface area (Å²) in [5, 5.41) is 8.30. The van der Waals surface area contributed by atoms with Crippen LogP contribution in [-0.2, 0) is 14.9 Å². The number of ether oxygens (including phenoxy) is 1. The number of aromatic nitrogens is 2. The Balaban J connectivity index is 1.07. The Bertz CT molecular complexity index is 1230. The second-order valence-corrected chi connectivity index (χ2v) is 13.8. The molecule has 2 atom stereocenters. The molecule has 0 amide bonds. The normalized spacial score (nSPS) is 29.6. The van der Waals surface area contributed by atoms with E-state index in [0.717, 1.165) is 50.2 Å².